The number of aromatic nitrogens is 1. The molecule has 0 saturated carbocycles. The number of methoxy groups -OCH3 is 2. The monoisotopic (exact) mass is 924 g/mol. The van der Waals surface area contributed by atoms with Crippen LogP contribution in [0, 0.1) is 23.7 Å². The van der Waals surface area contributed by atoms with Crippen molar-refractivity contribution in [1.82, 2.24) is 30.3 Å². The van der Waals surface area contributed by atoms with Crippen LogP contribution in [0.5, 0.6) is 0 Å². The van der Waals surface area contributed by atoms with Crippen molar-refractivity contribution in [1.29, 1.82) is 0 Å². The molecular formula is C50H81N7O9. The zero-order chi connectivity index (χ0) is 49.6. The second kappa shape index (κ2) is 25.5. The zero-order valence-electron chi connectivity index (χ0n) is 42.3. The van der Waals surface area contributed by atoms with Crippen LogP contribution in [-0.4, -0.2) is 137 Å². The number of likely N-dealkylation sites (tertiary alicyclic amines) is 1. The van der Waals surface area contributed by atoms with Crippen molar-refractivity contribution >= 4 is 35.5 Å². The Balaban J connectivity index is 1.76. The van der Waals surface area contributed by atoms with E-state index < -0.39 is 60.1 Å². The molecule has 16 nitrogen and oxygen atoms in total. The van der Waals surface area contributed by atoms with Gasteiger partial charge < -0.3 is 39.8 Å². The lowest BCUT2D eigenvalue weighted by Gasteiger charge is -2.41. The van der Waals surface area contributed by atoms with Crippen LogP contribution in [0.4, 0.5) is 10.6 Å². The molecule has 0 radical (unpaired) electrons. The van der Waals surface area contributed by atoms with E-state index in [1.165, 1.54) is 0 Å². The van der Waals surface area contributed by atoms with Crippen molar-refractivity contribution in [3.63, 3.8) is 0 Å². The highest BCUT2D eigenvalue weighted by Gasteiger charge is 2.43. The number of pyridine rings is 1. The van der Waals surface area contributed by atoms with E-state index in [4.69, 9.17) is 14.2 Å². The number of amides is 5. The Morgan fingerprint density at radius 2 is 1.56 bits per heavy atom. The van der Waals surface area contributed by atoms with E-state index in [2.05, 4.69) is 20.9 Å². The predicted octanol–water partition coefficient (Wildman–Crippen LogP) is 6.18. The maximum atomic E-state index is 14.7. The van der Waals surface area contributed by atoms with Crippen LogP contribution >= 0.6 is 0 Å². The highest BCUT2D eigenvalue weighted by Crippen LogP contribution is 2.30. The van der Waals surface area contributed by atoms with Gasteiger partial charge in [-0.1, -0.05) is 85.2 Å². The van der Waals surface area contributed by atoms with Gasteiger partial charge in [0.15, 0.2) is 0 Å². The van der Waals surface area contributed by atoms with Crippen LogP contribution in [0.2, 0.25) is 0 Å². The molecule has 3 rings (SSSR count). The van der Waals surface area contributed by atoms with Gasteiger partial charge in [0.25, 0.3) is 0 Å². The highest BCUT2D eigenvalue weighted by molar-refractivity contribution is 5.90. The molecule has 1 aliphatic rings. The maximum absolute atomic E-state index is 14.7. The van der Waals surface area contributed by atoms with Crippen molar-refractivity contribution in [2.24, 2.45) is 23.7 Å². The SMILES string of the molecule is CC[C@H](C)[C@@H]([C@@H](CC(=O)N1CCC[C@H]1[C@H](OC)[C@@H](C)C(=O)N[C@H](C)[C@@H](O)c1ccccc1)OC)N(C)C(=O)[C@@H](NC(=O)[C@H](C(C)C)N(C)Cc1ccnc(NC(=O)OC(C)(C)C)c1)C(C)C. The molecule has 5 amide bonds. The minimum atomic E-state index is -0.899. The molecule has 0 aliphatic carbocycles. The van der Waals surface area contributed by atoms with Gasteiger partial charge in [0.2, 0.25) is 23.6 Å². The molecule has 0 spiro atoms. The smallest absolute Gasteiger partial charge is 0.413 e. The van der Waals surface area contributed by atoms with E-state index in [0.29, 0.717) is 37.3 Å². The molecule has 1 saturated heterocycles. The molecule has 0 unspecified atom stereocenters. The number of anilines is 1. The molecule has 1 aliphatic heterocycles. The lowest BCUT2D eigenvalue weighted by Crippen LogP contribution is -2.60. The van der Waals surface area contributed by atoms with Gasteiger partial charge >= 0.3 is 6.09 Å². The van der Waals surface area contributed by atoms with Crippen molar-refractivity contribution in [3.05, 3.63) is 59.8 Å². The number of nitrogens with zero attached hydrogens (tertiary/aromatic N) is 4. The summed E-state index contributed by atoms with van der Waals surface area (Å²) in [7, 11) is 6.65. The molecule has 0 bridgehead atoms. The molecule has 4 N–H and O–H groups in total. The molecule has 10 atom stereocenters. The van der Waals surface area contributed by atoms with Gasteiger partial charge in [-0.15, -0.1) is 0 Å². The molecule has 370 valence electrons. The number of carbonyl (C=O) groups is 5. The summed E-state index contributed by atoms with van der Waals surface area (Å²) in [5.41, 5.74) is 0.836. The maximum Gasteiger partial charge on any atom is 0.413 e. The van der Waals surface area contributed by atoms with Crippen molar-refractivity contribution in [3.8, 4) is 0 Å². The number of benzene rings is 1. The lowest BCUT2D eigenvalue weighted by atomic mass is 9.89. The van der Waals surface area contributed by atoms with Crippen molar-refractivity contribution < 1.29 is 43.3 Å². The third kappa shape index (κ3) is 15.5. The third-order valence-corrected chi connectivity index (χ3v) is 12.7. The Labute approximate surface area is 394 Å². The summed E-state index contributed by atoms with van der Waals surface area (Å²) < 4.78 is 17.4. The summed E-state index contributed by atoms with van der Waals surface area (Å²) >= 11 is 0. The molecule has 66 heavy (non-hydrogen) atoms. The van der Waals surface area contributed by atoms with Gasteiger partial charge in [-0.3, -0.25) is 29.4 Å². The number of aliphatic hydroxyl groups excluding tert-OH is 1. The van der Waals surface area contributed by atoms with E-state index >= 15 is 0 Å². The predicted molar refractivity (Wildman–Crippen MR) is 256 cm³/mol. The van der Waals surface area contributed by atoms with Gasteiger partial charge in [0.1, 0.15) is 17.5 Å². The summed E-state index contributed by atoms with van der Waals surface area (Å²) in [5, 5.41) is 19.6. The summed E-state index contributed by atoms with van der Waals surface area (Å²) in [6.07, 6.45) is 0.831. The van der Waals surface area contributed by atoms with E-state index in [1.54, 1.807) is 77.9 Å². The number of nitrogens with one attached hydrogen (secondary N) is 3. The summed E-state index contributed by atoms with van der Waals surface area (Å²) in [6, 6.07) is 9.76. The summed E-state index contributed by atoms with van der Waals surface area (Å²) in [5.74, 6) is -1.85. The molecule has 1 aromatic carbocycles. The lowest BCUT2D eigenvalue weighted by molar-refractivity contribution is -0.148. The van der Waals surface area contributed by atoms with Crippen LogP contribution in [0.1, 0.15) is 119 Å². The number of likely N-dealkylation sites (N-methyl/N-ethyl adjacent to an activating group) is 2. The number of rotatable bonds is 23. The quantitative estimate of drug-likeness (QED) is 0.0995. The van der Waals surface area contributed by atoms with Crippen LogP contribution in [0.25, 0.3) is 0 Å². The van der Waals surface area contributed by atoms with Crippen molar-refractivity contribution in [2.45, 2.75) is 163 Å². The van der Waals surface area contributed by atoms with Gasteiger partial charge in [-0.25, -0.2) is 9.78 Å². The first kappa shape index (κ1) is 55.7. The fourth-order valence-corrected chi connectivity index (χ4v) is 9.10. The Kier molecular flexibility index (Phi) is 21.5. The first-order valence-corrected chi connectivity index (χ1v) is 23.6. The van der Waals surface area contributed by atoms with Crippen molar-refractivity contribution in [2.75, 3.05) is 40.2 Å². The summed E-state index contributed by atoms with van der Waals surface area (Å²) in [4.78, 5) is 78.9. The topological polar surface area (TPSA) is 192 Å². The normalized spacial score (nSPS) is 18.4. The standard InChI is InChI=1S/C50H81N7O9/c1-16-32(6)43(38(64-14)28-40(58)57-26-20-23-37(57)45(65-15)33(7)46(60)52-34(8)44(59)36-21-18-17-19-22-36)56(13)48(62)41(30(2)3)54-47(61)42(31(4)5)55(12)29-35-24-25-51-39(27-35)53-49(63)66-50(9,10)11/h17-19,21-22,24-25,27,30-34,37-38,41-45,59H,16,20,23,26,28-29H2,1-15H3,(H,52,60)(H,54,61)(H,51,53,63)/t32-,33+,34+,37-,38+,41-,42-,43-,44+,45+/m0/s1. The highest BCUT2D eigenvalue weighted by atomic mass is 16.6. The fraction of sp³-hybridized carbons (Fsp3) is 0.680. The van der Waals surface area contributed by atoms with E-state index in [-0.39, 0.29) is 53.8 Å². The molecule has 2 aromatic rings. The average Bonchev–Trinajstić information content (AvgIpc) is 3.74. The van der Waals surface area contributed by atoms with Gasteiger partial charge in [0, 0.05) is 40.6 Å². The zero-order valence-corrected chi connectivity index (χ0v) is 42.3. The summed E-state index contributed by atoms with van der Waals surface area (Å²) in [6.45, 7) is 21.5. The number of carbonyl (C=O) groups excluding carboxylic acids is 5. The van der Waals surface area contributed by atoms with E-state index in [1.807, 2.05) is 89.9 Å². The molecular weight excluding hydrogens is 843 g/mol. The fourth-order valence-electron chi connectivity index (χ4n) is 9.10. The Bertz CT molecular complexity index is 1880. The van der Waals surface area contributed by atoms with E-state index in [0.717, 1.165) is 12.0 Å². The second-order valence-corrected chi connectivity index (χ2v) is 19.8. The van der Waals surface area contributed by atoms with Crippen LogP contribution in [0.3, 0.4) is 0 Å². The van der Waals surface area contributed by atoms with Crippen LogP contribution < -0.4 is 16.0 Å². The van der Waals surface area contributed by atoms with E-state index in [9.17, 15) is 29.1 Å². The Hall–Kier alpha value is -4.64. The Morgan fingerprint density at radius 1 is 0.909 bits per heavy atom. The van der Waals surface area contributed by atoms with Gasteiger partial charge in [-0.05, 0) is 88.6 Å². The minimum absolute atomic E-state index is 0.0140. The number of ether oxygens (including phenoxy) is 3. The third-order valence-electron chi connectivity index (χ3n) is 12.7. The second-order valence-electron chi connectivity index (χ2n) is 19.8. The first-order valence-electron chi connectivity index (χ1n) is 23.6. The molecule has 1 aromatic heterocycles. The number of aliphatic hydroxyl groups is 1. The largest absolute Gasteiger partial charge is 0.444 e. The first-order chi connectivity index (χ1) is 30.9. The average molecular weight is 924 g/mol. The van der Waals surface area contributed by atoms with Crippen LogP contribution in [-0.2, 0) is 39.9 Å². The Morgan fingerprint density at radius 3 is 2.12 bits per heavy atom. The molecule has 1 fully saturated rings. The molecule has 16 heteroatoms. The van der Waals surface area contributed by atoms with Crippen LogP contribution in [0.15, 0.2) is 48.7 Å². The number of hydrogen-bond acceptors (Lipinski definition) is 11. The van der Waals surface area contributed by atoms with Gasteiger partial charge in [-0.2, -0.15) is 0 Å². The number of hydrogen-bond donors (Lipinski definition) is 4. The van der Waals surface area contributed by atoms with Gasteiger partial charge in [0.05, 0.1) is 54.8 Å². The molecule has 2 heterocycles. The minimum Gasteiger partial charge on any atom is -0.444 e.